The maximum Gasteiger partial charge on any atom is 0.0516 e. The minimum atomic E-state index is 0.332. The molecule has 0 spiro atoms. The van der Waals surface area contributed by atoms with Crippen molar-refractivity contribution in [1.82, 2.24) is 5.32 Å². The lowest BCUT2D eigenvalue weighted by Crippen LogP contribution is -2.25. The second-order valence-corrected chi connectivity index (χ2v) is 6.60. The van der Waals surface area contributed by atoms with Crippen molar-refractivity contribution in [1.29, 1.82) is 0 Å². The standard InChI is InChI=1S/C20H22ClN/c1-13-11-12-20(18-8-5-4-7-16(13)18)22-15(3)17-9-6-10-19(21)14(17)2/h4-10,13,20,22H,3,11-12H2,1-2H3. The number of hydrogen-bond donors (Lipinski definition) is 1. The molecule has 0 saturated carbocycles. The SMILES string of the molecule is C=C(NC1CCC(C)c2ccccc21)c1cccc(Cl)c1C. The minimum absolute atomic E-state index is 0.332. The molecular weight excluding hydrogens is 290 g/mol. The fourth-order valence-electron chi connectivity index (χ4n) is 3.38. The maximum atomic E-state index is 6.23. The summed E-state index contributed by atoms with van der Waals surface area (Å²) in [6.45, 7) is 8.60. The van der Waals surface area contributed by atoms with Gasteiger partial charge < -0.3 is 5.32 Å². The van der Waals surface area contributed by atoms with Crippen molar-refractivity contribution in [2.45, 2.75) is 38.6 Å². The van der Waals surface area contributed by atoms with Crippen LogP contribution in [0.5, 0.6) is 0 Å². The van der Waals surface area contributed by atoms with E-state index in [0.717, 1.165) is 28.3 Å². The smallest absolute Gasteiger partial charge is 0.0516 e. The van der Waals surface area contributed by atoms with Gasteiger partial charge in [-0.2, -0.15) is 0 Å². The molecule has 114 valence electrons. The summed E-state index contributed by atoms with van der Waals surface area (Å²) in [5.41, 5.74) is 6.00. The van der Waals surface area contributed by atoms with E-state index in [1.165, 1.54) is 17.5 Å². The molecule has 22 heavy (non-hydrogen) atoms. The number of hydrogen-bond acceptors (Lipinski definition) is 1. The van der Waals surface area contributed by atoms with Crippen LogP contribution in [0.1, 0.15) is 54.0 Å². The van der Waals surface area contributed by atoms with Crippen LogP contribution in [-0.2, 0) is 0 Å². The van der Waals surface area contributed by atoms with E-state index in [4.69, 9.17) is 11.6 Å². The highest BCUT2D eigenvalue weighted by Gasteiger charge is 2.24. The first-order valence-corrected chi connectivity index (χ1v) is 8.25. The highest BCUT2D eigenvalue weighted by molar-refractivity contribution is 6.31. The quantitative estimate of drug-likeness (QED) is 0.750. The molecular formula is C20H22ClN. The number of fused-ring (bicyclic) bond motifs is 1. The van der Waals surface area contributed by atoms with Crippen molar-refractivity contribution in [3.63, 3.8) is 0 Å². The van der Waals surface area contributed by atoms with E-state index >= 15 is 0 Å². The predicted octanol–water partition coefficient (Wildman–Crippen LogP) is 5.85. The molecule has 0 saturated heterocycles. The lowest BCUT2D eigenvalue weighted by Gasteiger charge is -2.32. The molecule has 0 radical (unpaired) electrons. The summed E-state index contributed by atoms with van der Waals surface area (Å²) in [6, 6.07) is 15.1. The Labute approximate surface area is 138 Å². The third kappa shape index (κ3) is 2.78. The Morgan fingerprint density at radius 1 is 1.09 bits per heavy atom. The Balaban J connectivity index is 1.86. The summed E-state index contributed by atoms with van der Waals surface area (Å²) in [5.74, 6) is 0.635. The monoisotopic (exact) mass is 311 g/mol. The molecule has 2 unspecified atom stereocenters. The van der Waals surface area contributed by atoms with Crippen molar-refractivity contribution < 1.29 is 0 Å². The Kier molecular flexibility index (Phi) is 4.26. The lowest BCUT2D eigenvalue weighted by atomic mass is 9.81. The van der Waals surface area contributed by atoms with E-state index in [1.807, 2.05) is 19.1 Å². The average Bonchev–Trinajstić information content (AvgIpc) is 2.53. The Morgan fingerprint density at radius 3 is 2.59 bits per heavy atom. The van der Waals surface area contributed by atoms with Crippen LogP contribution in [0.15, 0.2) is 49.0 Å². The van der Waals surface area contributed by atoms with Crippen LogP contribution in [0, 0.1) is 6.92 Å². The molecule has 0 aliphatic heterocycles. The van der Waals surface area contributed by atoms with Gasteiger partial charge in [0, 0.05) is 16.3 Å². The van der Waals surface area contributed by atoms with E-state index in [9.17, 15) is 0 Å². The molecule has 1 aliphatic carbocycles. The third-order valence-corrected chi connectivity index (χ3v) is 5.14. The van der Waals surface area contributed by atoms with E-state index in [0.29, 0.717) is 12.0 Å². The first kappa shape index (κ1) is 15.2. The van der Waals surface area contributed by atoms with Gasteiger partial charge >= 0.3 is 0 Å². The summed E-state index contributed by atoms with van der Waals surface area (Å²) in [7, 11) is 0. The molecule has 2 heteroatoms. The molecule has 0 bridgehead atoms. The normalized spacial score (nSPS) is 20.3. The molecule has 2 aromatic rings. The zero-order valence-corrected chi connectivity index (χ0v) is 14.0. The zero-order valence-electron chi connectivity index (χ0n) is 13.2. The molecule has 1 N–H and O–H groups in total. The van der Waals surface area contributed by atoms with Gasteiger partial charge in [0.25, 0.3) is 0 Å². The topological polar surface area (TPSA) is 12.0 Å². The second kappa shape index (κ2) is 6.18. The Morgan fingerprint density at radius 2 is 1.82 bits per heavy atom. The molecule has 0 heterocycles. The van der Waals surface area contributed by atoms with Gasteiger partial charge in [-0.3, -0.25) is 0 Å². The minimum Gasteiger partial charge on any atom is -0.378 e. The van der Waals surface area contributed by atoms with E-state index in [1.54, 1.807) is 0 Å². The van der Waals surface area contributed by atoms with Crippen LogP contribution >= 0.6 is 11.6 Å². The highest BCUT2D eigenvalue weighted by Crippen LogP contribution is 2.38. The van der Waals surface area contributed by atoms with E-state index < -0.39 is 0 Å². The largest absolute Gasteiger partial charge is 0.378 e. The molecule has 0 aromatic heterocycles. The number of rotatable bonds is 3. The van der Waals surface area contributed by atoms with Crippen molar-refractivity contribution in [2.24, 2.45) is 0 Å². The van der Waals surface area contributed by atoms with Gasteiger partial charge in [0.2, 0.25) is 0 Å². The molecule has 0 fully saturated rings. The van der Waals surface area contributed by atoms with Gasteiger partial charge in [-0.15, -0.1) is 0 Å². The lowest BCUT2D eigenvalue weighted by molar-refractivity contribution is 0.477. The van der Waals surface area contributed by atoms with Gasteiger partial charge in [-0.1, -0.05) is 61.5 Å². The summed E-state index contributed by atoms with van der Waals surface area (Å²) >= 11 is 6.23. The summed E-state index contributed by atoms with van der Waals surface area (Å²) in [6.07, 6.45) is 2.34. The van der Waals surface area contributed by atoms with Crippen LogP contribution in [0.4, 0.5) is 0 Å². The summed E-state index contributed by atoms with van der Waals surface area (Å²) in [4.78, 5) is 0. The first-order chi connectivity index (χ1) is 10.6. The van der Waals surface area contributed by atoms with Gasteiger partial charge in [-0.25, -0.2) is 0 Å². The summed E-state index contributed by atoms with van der Waals surface area (Å²) in [5, 5.41) is 4.42. The second-order valence-electron chi connectivity index (χ2n) is 6.20. The van der Waals surface area contributed by atoms with Gasteiger partial charge in [-0.05, 0) is 48.4 Å². The summed E-state index contributed by atoms with van der Waals surface area (Å²) < 4.78 is 0. The maximum absolute atomic E-state index is 6.23. The van der Waals surface area contributed by atoms with Crippen LogP contribution in [0.3, 0.4) is 0 Å². The number of halogens is 1. The van der Waals surface area contributed by atoms with Gasteiger partial charge in [0.1, 0.15) is 0 Å². The third-order valence-electron chi connectivity index (χ3n) is 4.73. The van der Waals surface area contributed by atoms with Crippen LogP contribution in [0.25, 0.3) is 5.70 Å². The number of nitrogens with one attached hydrogen (secondary N) is 1. The molecule has 1 nitrogen and oxygen atoms in total. The zero-order chi connectivity index (χ0) is 15.7. The van der Waals surface area contributed by atoms with Crippen molar-refractivity contribution in [3.05, 3.63) is 76.3 Å². The van der Waals surface area contributed by atoms with Crippen LogP contribution in [0.2, 0.25) is 5.02 Å². The highest BCUT2D eigenvalue weighted by atomic mass is 35.5. The predicted molar refractivity (Wildman–Crippen MR) is 95.2 cm³/mol. The van der Waals surface area contributed by atoms with Gasteiger partial charge in [0.05, 0.1) is 6.04 Å². The van der Waals surface area contributed by atoms with Crippen molar-refractivity contribution >= 4 is 17.3 Å². The Hall–Kier alpha value is -1.73. The molecule has 1 aliphatic rings. The molecule has 2 aromatic carbocycles. The van der Waals surface area contributed by atoms with E-state index in [2.05, 4.69) is 49.2 Å². The first-order valence-electron chi connectivity index (χ1n) is 7.87. The Bertz CT molecular complexity index is 705. The fraction of sp³-hybridized carbons (Fsp3) is 0.300. The number of benzene rings is 2. The van der Waals surface area contributed by atoms with Crippen molar-refractivity contribution in [3.8, 4) is 0 Å². The van der Waals surface area contributed by atoms with Crippen LogP contribution in [-0.4, -0.2) is 0 Å². The molecule has 3 rings (SSSR count). The van der Waals surface area contributed by atoms with Gasteiger partial charge in [0.15, 0.2) is 0 Å². The van der Waals surface area contributed by atoms with Crippen LogP contribution < -0.4 is 5.32 Å². The fourth-order valence-corrected chi connectivity index (χ4v) is 3.55. The molecule has 2 atom stereocenters. The van der Waals surface area contributed by atoms with Crippen molar-refractivity contribution in [2.75, 3.05) is 0 Å². The molecule has 0 amide bonds. The average molecular weight is 312 g/mol. The van der Waals surface area contributed by atoms with E-state index in [-0.39, 0.29) is 0 Å².